The summed E-state index contributed by atoms with van der Waals surface area (Å²) in [6.07, 6.45) is 9.04. The number of rotatable bonds is 12. The van der Waals surface area contributed by atoms with Crippen molar-refractivity contribution in [3.63, 3.8) is 0 Å². The molecule has 0 heterocycles. The van der Waals surface area contributed by atoms with Gasteiger partial charge in [0.05, 0.1) is 6.54 Å². The Morgan fingerprint density at radius 1 is 1.05 bits per heavy atom. The highest BCUT2D eigenvalue weighted by Gasteiger charge is 2.06. The van der Waals surface area contributed by atoms with E-state index in [4.69, 9.17) is 0 Å². The van der Waals surface area contributed by atoms with Crippen molar-refractivity contribution in [2.45, 2.75) is 65.7 Å². The summed E-state index contributed by atoms with van der Waals surface area (Å²) in [4.78, 5) is 13.7. The lowest BCUT2D eigenvalue weighted by atomic mass is 10.1. The highest BCUT2D eigenvalue weighted by Crippen LogP contribution is 2.06. The second kappa shape index (κ2) is 12.5. The highest BCUT2D eigenvalue weighted by atomic mass is 16.2. The molecule has 0 unspecified atom stereocenters. The summed E-state index contributed by atoms with van der Waals surface area (Å²) in [6.45, 7) is 8.92. The van der Waals surface area contributed by atoms with Crippen LogP contribution in [0.1, 0.15) is 65.7 Å². The van der Waals surface area contributed by atoms with E-state index in [0.717, 1.165) is 19.5 Å². The van der Waals surface area contributed by atoms with Gasteiger partial charge in [-0.25, -0.2) is 0 Å². The quantitative estimate of drug-likeness (QED) is 0.551. The Morgan fingerprint density at radius 3 is 2.21 bits per heavy atom. The van der Waals surface area contributed by atoms with E-state index in [9.17, 15) is 4.79 Å². The first-order chi connectivity index (χ1) is 9.06. The van der Waals surface area contributed by atoms with Gasteiger partial charge in [-0.3, -0.25) is 9.69 Å². The van der Waals surface area contributed by atoms with Gasteiger partial charge in [0, 0.05) is 13.1 Å². The molecule has 0 aliphatic carbocycles. The Balaban J connectivity index is 3.33. The predicted octanol–water partition coefficient (Wildman–Crippen LogP) is 3.44. The van der Waals surface area contributed by atoms with Gasteiger partial charge in [-0.15, -0.1) is 0 Å². The van der Waals surface area contributed by atoms with Crippen LogP contribution in [0.5, 0.6) is 0 Å². The van der Waals surface area contributed by atoms with Gasteiger partial charge in [0.2, 0.25) is 5.91 Å². The molecule has 0 bridgehead atoms. The van der Waals surface area contributed by atoms with Crippen molar-refractivity contribution in [2.24, 2.45) is 5.92 Å². The minimum Gasteiger partial charge on any atom is -0.355 e. The molecule has 0 saturated heterocycles. The minimum absolute atomic E-state index is 0.161. The molecule has 1 amide bonds. The van der Waals surface area contributed by atoms with E-state index in [2.05, 4.69) is 31.0 Å². The number of carbonyl (C=O) groups excluding carboxylic acids is 1. The van der Waals surface area contributed by atoms with Crippen molar-refractivity contribution in [2.75, 3.05) is 26.7 Å². The molecule has 0 aromatic carbocycles. The zero-order valence-electron chi connectivity index (χ0n) is 13.5. The van der Waals surface area contributed by atoms with E-state index in [1.807, 2.05) is 7.05 Å². The largest absolute Gasteiger partial charge is 0.355 e. The van der Waals surface area contributed by atoms with Crippen LogP contribution in [0.15, 0.2) is 0 Å². The van der Waals surface area contributed by atoms with Gasteiger partial charge < -0.3 is 5.32 Å². The SMILES string of the molecule is CCCCCCCCCNC(=O)CN(C)CC(C)C. The summed E-state index contributed by atoms with van der Waals surface area (Å²) in [5.74, 6) is 0.773. The number of unbranched alkanes of at least 4 members (excludes halogenated alkanes) is 6. The van der Waals surface area contributed by atoms with Gasteiger partial charge in [0.25, 0.3) is 0 Å². The van der Waals surface area contributed by atoms with E-state index in [1.54, 1.807) is 0 Å². The minimum atomic E-state index is 0.161. The first kappa shape index (κ1) is 18.4. The number of nitrogens with zero attached hydrogens (tertiary/aromatic N) is 1. The van der Waals surface area contributed by atoms with Crippen molar-refractivity contribution in [1.29, 1.82) is 0 Å². The van der Waals surface area contributed by atoms with Crippen LogP contribution in [-0.4, -0.2) is 37.5 Å². The molecule has 0 saturated carbocycles. The fraction of sp³-hybridized carbons (Fsp3) is 0.938. The smallest absolute Gasteiger partial charge is 0.234 e. The normalized spacial score (nSPS) is 11.3. The Hall–Kier alpha value is -0.570. The van der Waals surface area contributed by atoms with Crippen molar-refractivity contribution in [1.82, 2.24) is 10.2 Å². The van der Waals surface area contributed by atoms with Crippen molar-refractivity contribution in [3.05, 3.63) is 0 Å². The highest BCUT2D eigenvalue weighted by molar-refractivity contribution is 5.77. The monoisotopic (exact) mass is 270 g/mol. The number of likely N-dealkylation sites (N-methyl/N-ethyl adjacent to an activating group) is 1. The average molecular weight is 270 g/mol. The van der Waals surface area contributed by atoms with Gasteiger partial charge in [0.15, 0.2) is 0 Å². The molecule has 0 atom stereocenters. The maximum atomic E-state index is 11.7. The van der Waals surface area contributed by atoms with Crippen LogP contribution in [0.4, 0.5) is 0 Å². The molecule has 19 heavy (non-hydrogen) atoms. The van der Waals surface area contributed by atoms with Crippen LogP contribution in [0.3, 0.4) is 0 Å². The summed E-state index contributed by atoms with van der Waals surface area (Å²) in [6, 6.07) is 0. The number of hydrogen-bond donors (Lipinski definition) is 1. The third-order valence-corrected chi connectivity index (χ3v) is 3.19. The number of amides is 1. The predicted molar refractivity (Wildman–Crippen MR) is 83.3 cm³/mol. The molecule has 0 spiro atoms. The molecule has 0 aromatic rings. The summed E-state index contributed by atoms with van der Waals surface area (Å²) >= 11 is 0. The summed E-state index contributed by atoms with van der Waals surface area (Å²) in [7, 11) is 2.01. The Morgan fingerprint density at radius 2 is 1.63 bits per heavy atom. The third kappa shape index (κ3) is 13.7. The van der Waals surface area contributed by atoms with Crippen LogP contribution in [0.2, 0.25) is 0 Å². The molecule has 0 aliphatic rings. The summed E-state index contributed by atoms with van der Waals surface area (Å²) < 4.78 is 0. The Kier molecular flexibility index (Phi) is 12.1. The van der Waals surface area contributed by atoms with E-state index in [0.29, 0.717) is 12.5 Å². The van der Waals surface area contributed by atoms with E-state index in [-0.39, 0.29) is 5.91 Å². The van der Waals surface area contributed by atoms with Crippen molar-refractivity contribution < 1.29 is 4.79 Å². The second-order valence-corrected chi connectivity index (χ2v) is 6.06. The van der Waals surface area contributed by atoms with E-state index in [1.165, 1.54) is 38.5 Å². The molecular weight excluding hydrogens is 236 g/mol. The van der Waals surface area contributed by atoms with Gasteiger partial charge in [-0.1, -0.05) is 59.3 Å². The van der Waals surface area contributed by atoms with Gasteiger partial charge in [-0.05, 0) is 19.4 Å². The van der Waals surface area contributed by atoms with Crippen LogP contribution in [0, 0.1) is 5.92 Å². The van der Waals surface area contributed by atoms with E-state index >= 15 is 0 Å². The molecule has 3 nitrogen and oxygen atoms in total. The third-order valence-electron chi connectivity index (χ3n) is 3.19. The molecular formula is C16H34N2O. The molecule has 114 valence electrons. The fourth-order valence-corrected chi connectivity index (χ4v) is 2.30. The van der Waals surface area contributed by atoms with Crippen LogP contribution in [0.25, 0.3) is 0 Å². The fourth-order valence-electron chi connectivity index (χ4n) is 2.30. The molecule has 0 radical (unpaired) electrons. The molecule has 1 N–H and O–H groups in total. The molecule has 0 rings (SSSR count). The lowest BCUT2D eigenvalue weighted by Crippen LogP contribution is -2.37. The Bertz CT molecular complexity index is 217. The Labute approximate surface area is 120 Å². The maximum Gasteiger partial charge on any atom is 0.234 e. The average Bonchev–Trinajstić information content (AvgIpc) is 2.31. The molecule has 0 aromatic heterocycles. The van der Waals surface area contributed by atoms with Crippen molar-refractivity contribution >= 4 is 5.91 Å². The van der Waals surface area contributed by atoms with Crippen LogP contribution < -0.4 is 5.32 Å². The number of nitrogens with one attached hydrogen (secondary N) is 1. The molecule has 0 fully saturated rings. The summed E-state index contributed by atoms with van der Waals surface area (Å²) in [5, 5.41) is 3.01. The standard InChI is InChI=1S/C16H34N2O/c1-5-6-7-8-9-10-11-12-17-16(19)14-18(4)13-15(2)3/h15H,5-14H2,1-4H3,(H,17,19). The van der Waals surface area contributed by atoms with Gasteiger partial charge in [-0.2, -0.15) is 0 Å². The van der Waals surface area contributed by atoms with Gasteiger partial charge in [0.1, 0.15) is 0 Å². The molecule has 0 aliphatic heterocycles. The number of hydrogen-bond acceptors (Lipinski definition) is 2. The van der Waals surface area contributed by atoms with Crippen LogP contribution in [-0.2, 0) is 4.79 Å². The number of carbonyl (C=O) groups is 1. The zero-order chi connectivity index (χ0) is 14.5. The van der Waals surface area contributed by atoms with Crippen molar-refractivity contribution in [3.8, 4) is 0 Å². The topological polar surface area (TPSA) is 32.3 Å². The van der Waals surface area contributed by atoms with Gasteiger partial charge >= 0.3 is 0 Å². The molecule has 3 heteroatoms. The zero-order valence-corrected chi connectivity index (χ0v) is 13.5. The van der Waals surface area contributed by atoms with E-state index < -0.39 is 0 Å². The first-order valence-electron chi connectivity index (χ1n) is 8.01. The second-order valence-electron chi connectivity index (χ2n) is 6.06. The lowest BCUT2D eigenvalue weighted by Gasteiger charge is -2.18. The lowest BCUT2D eigenvalue weighted by molar-refractivity contribution is -0.122. The van der Waals surface area contributed by atoms with Crippen LogP contribution >= 0.6 is 0 Å². The maximum absolute atomic E-state index is 11.7. The first-order valence-corrected chi connectivity index (χ1v) is 8.01. The summed E-state index contributed by atoms with van der Waals surface area (Å²) in [5.41, 5.74) is 0.